The van der Waals surface area contributed by atoms with Crippen molar-refractivity contribution in [3.63, 3.8) is 0 Å². The molecule has 142 valence electrons. The average molecular weight is 368 g/mol. The van der Waals surface area contributed by atoms with E-state index in [9.17, 15) is 0 Å². The highest BCUT2D eigenvalue weighted by Gasteiger charge is 2.26. The SMILES string of the molecule is COC[C@H](C)n1cc(Nc2nc(/N=C\[C@@H](C)C3CC3)c3cc[nH]c3n2)nn1. The number of aromatic nitrogens is 6. The number of aliphatic imine (C=N–C) groups is 1. The number of anilines is 2. The fraction of sp³-hybridized carbons (Fsp3) is 0.500. The highest BCUT2D eigenvalue weighted by Crippen LogP contribution is 2.36. The van der Waals surface area contributed by atoms with E-state index in [0.29, 0.717) is 30.1 Å². The monoisotopic (exact) mass is 368 g/mol. The molecule has 0 aliphatic heterocycles. The van der Waals surface area contributed by atoms with Crippen LogP contribution >= 0.6 is 0 Å². The van der Waals surface area contributed by atoms with Crippen molar-refractivity contribution in [2.24, 2.45) is 16.8 Å². The van der Waals surface area contributed by atoms with Crippen molar-refractivity contribution in [1.82, 2.24) is 29.9 Å². The lowest BCUT2D eigenvalue weighted by molar-refractivity contribution is 0.156. The molecule has 0 spiro atoms. The van der Waals surface area contributed by atoms with E-state index in [4.69, 9.17) is 4.74 Å². The molecule has 3 aromatic rings. The molecule has 2 atom stereocenters. The van der Waals surface area contributed by atoms with Crippen LogP contribution in [0.5, 0.6) is 0 Å². The normalized spacial score (nSPS) is 16.9. The number of methoxy groups -OCH3 is 1. The molecule has 0 amide bonds. The second kappa shape index (κ2) is 7.43. The summed E-state index contributed by atoms with van der Waals surface area (Å²) in [6.07, 6.45) is 8.24. The number of H-pyrrole nitrogens is 1. The summed E-state index contributed by atoms with van der Waals surface area (Å²) >= 11 is 0. The molecule has 3 heterocycles. The zero-order chi connectivity index (χ0) is 18.8. The van der Waals surface area contributed by atoms with Crippen LogP contribution in [0.15, 0.2) is 23.5 Å². The maximum atomic E-state index is 5.15. The van der Waals surface area contributed by atoms with Crippen molar-refractivity contribution in [1.29, 1.82) is 0 Å². The summed E-state index contributed by atoms with van der Waals surface area (Å²) in [5, 5.41) is 12.3. The Kier molecular flexibility index (Phi) is 4.85. The van der Waals surface area contributed by atoms with Crippen molar-refractivity contribution >= 4 is 34.8 Å². The second-order valence-corrected chi connectivity index (χ2v) is 7.10. The smallest absolute Gasteiger partial charge is 0.232 e. The first-order valence-corrected chi connectivity index (χ1v) is 9.21. The molecule has 1 saturated carbocycles. The van der Waals surface area contributed by atoms with Gasteiger partial charge in [0.05, 0.1) is 24.2 Å². The Morgan fingerprint density at radius 3 is 3.04 bits per heavy atom. The van der Waals surface area contributed by atoms with Gasteiger partial charge in [0.1, 0.15) is 5.65 Å². The van der Waals surface area contributed by atoms with Crippen LogP contribution in [0.2, 0.25) is 0 Å². The first-order chi connectivity index (χ1) is 13.1. The third-order valence-electron chi connectivity index (χ3n) is 4.80. The molecule has 9 heteroatoms. The summed E-state index contributed by atoms with van der Waals surface area (Å²) < 4.78 is 6.90. The third-order valence-corrected chi connectivity index (χ3v) is 4.80. The molecule has 0 saturated heterocycles. The van der Waals surface area contributed by atoms with Gasteiger partial charge in [0, 0.05) is 19.5 Å². The number of nitrogens with zero attached hydrogens (tertiary/aromatic N) is 6. The van der Waals surface area contributed by atoms with Gasteiger partial charge in [-0.15, -0.1) is 5.10 Å². The molecule has 9 nitrogen and oxygen atoms in total. The van der Waals surface area contributed by atoms with Crippen LogP contribution < -0.4 is 5.32 Å². The molecule has 0 aromatic carbocycles. The summed E-state index contributed by atoms with van der Waals surface area (Å²) in [5.74, 6) is 2.88. The lowest BCUT2D eigenvalue weighted by Gasteiger charge is -2.08. The Morgan fingerprint density at radius 1 is 1.41 bits per heavy atom. The zero-order valence-electron chi connectivity index (χ0n) is 15.8. The summed E-state index contributed by atoms with van der Waals surface area (Å²) in [5.41, 5.74) is 0.735. The van der Waals surface area contributed by atoms with E-state index in [0.717, 1.165) is 17.0 Å². The Balaban J connectivity index is 1.57. The predicted octanol–water partition coefficient (Wildman–Crippen LogP) is 3.25. The van der Waals surface area contributed by atoms with Gasteiger partial charge in [-0.2, -0.15) is 9.97 Å². The van der Waals surface area contributed by atoms with Gasteiger partial charge in [-0.25, -0.2) is 9.67 Å². The number of hydrogen-bond acceptors (Lipinski definition) is 7. The first kappa shape index (κ1) is 17.6. The maximum Gasteiger partial charge on any atom is 0.232 e. The van der Waals surface area contributed by atoms with Crippen LogP contribution in [0.25, 0.3) is 11.0 Å². The summed E-state index contributed by atoms with van der Waals surface area (Å²) in [7, 11) is 1.66. The molecular weight excluding hydrogens is 344 g/mol. The van der Waals surface area contributed by atoms with Crippen molar-refractivity contribution < 1.29 is 4.74 Å². The van der Waals surface area contributed by atoms with Gasteiger partial charge in [0.2, 0.25) is 5.95 Å². The van der Waals surface area contributed by atoms with Crippen LogP contribution in [0, 0.1) is 11.8 Å². The van der Waals surface area contributed by atoms with Crippen LogP contribution in [0.1, 0.15) is 32.7 Å². The van der Waals surface area contributed by atoms with Gasteiger partial charge in [0.25, 0.3) is 0 Å². The van der Waals surface area contributed by atoms with E-state index in [-0.39, 0.29) is 6.04 Å². The van der Waals surface area contributed by atoms with Crippen LogP contribution in [-0.4, -0.2) is 49.9 Å². The molecule has 0 unspecified atom stereocenters. The molecule has 1 aliphatic carbocycles. The van der Waals surface area contributed by atoms with Crippen molar-refractivity contribution in [2.75, 3.05) is 19.0 Å². The van der Waals surface area contributed by atoms with Gasteiger partial charge < -0.3 is 15.0 Å². The number of aromatic amines is 1. The molecule has 4 rings (SSSR count). The molecule has 0 bridgehead atoms. The van der Waals surface area contributed by atoms with Gasteiger partial charge in [-0.1, -0.05) is 12.1 Å². The summed E-state index contributed by atoms with van der Waals surface area (Å²) in [6.45, 7) is 4.78. The van der Waals surface area contributed by atoms with E-state index < -0.39 is 0 Å². The van der Waals surface area contributed by atoms with Gasteiger partial charge in [-0.05, 0) is 37.7 Å². The van der Waals surface area contributed by atoms with E-state index >= 15 is 0 Å². The highest BCUT2D eigenvalue weighted by molar-refractivity contribution is 5.88. The van der Waals surface area contributed by atoms with E-state index in [1.54, 1.807) is 11.8 Å². The first-order valence-electron chi connectivity index (χ1n) is 9.21. The molecule has 3 aromatic heterocycles. The van der Waals surface area contributed by atoms with Crippen molar-refractivity contribution in [3.8, 4) is 0 Å². The minimum absolute atomic E-state index is 0.0916. The third kappa shape index (κ3) is 3.97. The minimum atomic E-state index is 0.0916. The Hall–Kier alpha value is -2.81. The Morgan fingerprint density at radius 2 is 2.26 bits per heavy atom. The molecule has 1 fully saturated rings. The van der Waals surface area contributed by atoms with E-state index in [1.165, 1.54) is 12.8 Å². The molecule has 2 N–H and O–H groups in total. The Bertz CT molecular complexity index is 942. The summed E-state index contributed by atoms with van der Waals surface area (Å²) in [4.78, 5) is 16.8. The number of rotatable bonds is 8. The van der Waals surface area contributed by atoms with Crippen LogP contribution in [-0.2, 0) is 4.74 Å². The van der Waals surface area contributed by atoms with Gasteiger partial charge >= 0.3 is 0 Å². The largest absolute Gasteiger partial charge is 0.382 e. The van der Waals surface area contributed by atoms with Crippen LogP contribution in [0.3, 0.4) is 0 Å². The van der Waals surface area contributed by atoms with Crippen molar-refractivity contribution in [3.05, 3.63) is 18.5 Å². The maximum absolute atomic E-state index is 5.15. The lowest BCUT2D eigenvalue weighted by atomic mass is 10.1. The van der Waals surface area contributed by atoms with Gasteiger partial charge in [0.15, 0.2) is 11.6 Å². The molecule has 0 radical (unpaired) electrons. The molecule has 1 aliphatic rings. The fourth-order valence-electron chi connectivity index (χ4n) is 2.99. The quantitative estimate of drug-likeness (QED) is 0.591. The summed E-state index contributed by atoms with van der Waals surface area (Å²) in [6, 6.07) is 2.03. The average Bonchev–Trinajstić information content (AvgIpc) is 3.22. The minimum Gasteiger partial charge on any atom is -0.382 e. The number of fused-ring (bicyclic) bond motifs is 1. The molecule has 27 heavy (non-hydrogen) atoms. The topological polar surface area (TPSA) is 106 Å². The zero-order valence-corrected chi connectivity index (χ0v) is 15.8. The predicted molar refractivity (Wildman–Crippen MR) is 104 cm³/mol. The van der Waals surface area contributed by atoms with E-state index in [1.807, 2.05) is 31.6 Å². The lowest BCUT2D eigenvalue weighted by Crippen LogP contribution is -2.11. The van der Waals surface area contributed by atoms with Crippen molar-refractivity contribution in [2.45, 2.75) is 32.7 Å². The fourth-order valence-corrected chi connectivity index (χ4v) is 2.99. The van der Waals surface area contributed by atoms with E-state index in [2.05, 4.69) is 42.5 Å². The van der Waals surface area contributed by atoms with Crippen LogP contribution in [0.4, 0.5) is 17.6 Å². The standard InChI is InChI=1S/C18H24N8O/c1-11(13-4-5-13)8-20-17-14-6-7-19-16(14)22-18(23-17)21-15-9-26(25-24-15)12(2)10-27-3/h6-9,11-13H,4-5,10H2,1-3H3,(H2,19,21,22,23)/b20-8-/t11-,12+/m1/s1. The number of ether oxygens (including phenoxy) is 1. The Labute approximate surface area is 157 Å². The highest BCUT2D eigenvalue weighted by atomic mass is 16.5. The van der Waals surface area contributed by atoms with Gasteiger partial charge in [-0.3, -0.25) is 0 Å². The second-order valence-electron chi connectivity index (χ2n) is 7.10. The molecular formula is C18H24N8O. The number of nitrogens with one attached hydrogen (secondary N) is 2. The number of hydrogen-bond donors (Lipinski definition) is 2.